The summed E-state index contributed by atoms with van der Waals surface area (Å²) in [7, 11) is 1.63. The summed E-state index contributed by atoms with van der Waals surface area (Å²) in [5, 5.41) is 0.630. The smallest absolute Gasteiger partial charge is 0.237 e. The molecule has 4 rings (SSSR count). The lowest BCUT2D eigenvalue weighted by molar-refractivity contribution is -0.117. The Morgan fingerprint density at radius 3 is 2.61 bits per heavy atom. The van der Waals surface area contributed by atoms with Crippen molar-refractivity contribution < 1.29 is 14.3 Å². The molecule has 0 radical (unpaired) electrons. The molecule has 6 nitrogen and oxygen atoms in total. The van der Waals surface area contributed by atoms with E-state index in [2.05, 4.69) is 9.97 Å². The molecule has 2 heterocycles. The van der Waals surface area contributed by atoms with Crippen molar-refractivity contribution in [2.24, 2.45) is 0 Å². The third-order valence-electron chi connectivity index (χ3n) is 4.59. The van der Waals surface area contributed by atoms with Gasteiger partial charge in [-0.05, 0) is 48.4 Å². The van der Waals surface area contributed by atoms with Crippen molar-refractivity contribution in [3.63, 3.8) is 0 Å². The highest BCUT2D eigenvalue weighted by atomic mass is 35.5. The Morgan fingerprint density at radius 1 is 1.07 bits per heavy atom. The standard InChI is InChI=1S/C21H18ClN3O3/c1-27-17-4-2-3-14(11-17)18-9-10-21(26)25(18)19-12-24-20(13-23-19)28-16-7-5-15(22)6-8-16/h2-8,11-13,18H,9-10H2,1H3. The predicted molar refractivity (Wildman–Crippen MR) is 106 cm³/mol. The van der Waals surface area contributed by atoms with Crippen LogP contribution < -0.4 is 14.4 Å². The zero-order chi connectivity index (χ0) is 19.5. The number of carbonyl (C=O) groups is 1. The van der Waals surface area contributed by atoms with E-state index in [0.717, 1.165) is 17.7 Å². The van der Waals surface area contributed by atoms with Gasteiger partial charge >= 0.3 is 0 Å². The second kappa shape index (κ2) is 7.86. The van der Waals surface area contributed by atoms with E-state index in [1.165, 1.54) is 6.20 Å². The predicted octanol–water partition coefficient (Wildman–Crippen LogP) is 4.80. The van der Waals surface area contributed by atoms with Gasteiger partial charge in [0.2, 0.25) is 11.8 Å². The van der Waals surface area contributed by atoms with Crippen LogP contribution in [-0.4, -0.2) is 23.0 Å². The maximum Gasteiger partial charge on any atom is 0.237 e. The molecule has 142 valence electrons. The summed E-state index contributed by atoms with van der Waals surface area (Å²) in [5.74, 6) is 2.23. The van der Waals surface area contributed by atoms with E-state index in [0.29, 0.717) is 28.9 Å². The Kier molecular flexibility index (Phi) is 5.12. The molecule has 3 aromatic rings. The molecule has 0 spiro atoms. The van der Waals surface area contributed by atoms with Crippen LogP contribution in [0.4, 0.5) is 5.82 Å². The van der Waals surface area contributed by atoms with E-state index in [9.17, 15) is 4.79 Å². The van der Waals surface area contributed by atoms with Gasteiger partial charge in [0.25, 0.3) is 0 Å². The summed E-state index contributed by atoms with van der Waals surface area (Å²) in [4.78, 5) is 22.9. The van der Waals surface area contributed by atoms with Crippen LogP contribution in [0.15, 0.2) is 60.9 Å². The van der Waals surface area contributed by atoms with Crippen LogP contribution in [0, 0.1) is 0 Å². The van der Waals surface area contributed by atoms with Gasteiger partial charge in [-0.2, -0.15) is 0 Å². The maximum absolute atomic E-state index is 12.5. The third-order valence-corrected chi connectivity index (χ3v) is 4.84. The molecular formula is C21H18ClN3O3. The first-order chi connectivity index (χ1) is 13.6. The van der Waals surface area contributed by atoms with E-state index < -0.39 is 0 Å². The Balaban J connectivity index is 1.56. The van der Waals surface area contributed by atoms with E-state index in [1.54, 1.807) is 42.5 Å². The second-order valence-electron chi connectivity index (χ2n) is 6.36. The number of hydrogen-bond acceptors (Lipinski definition) is 5. The molecule has 1 atom stereocenters. The highest BCUT2D eigenvalue weighted by molar-refractivity contribution is 6.30. The number of carbonyl (C=O) groups excluding carboxylic acids is 1. The van der Waals surface area contributed by atoms with Crippen molar-refractivity contribution in [3.05, 3.63) is 71.5 Å². The van der Waals surface area contributed by atoms with Gasteiger partial charge in [-0.25, -0.2) is 9.97 Å². The monoisotopic (exact) mass is 395 g/mol. The highest BCUT2D eigenvalue weighted by Crippen LogP contribution is 2.37. The first-order valence-electron chi connectivity index (χ1n) is 8.85. The van der Waals surface area contributed by atoms with Gasteiger partial charge in [-0.15, -0.1) is 0 Å². The van der Waals surface area contributed by atoms with Crippen LogP contribution in [-0.2, 0) is 4.79 Å². The number of rotatable bonds is 5. The Labute approximate surface area is 167 Å². The molecule has 1 saturated heterocycles. The van der Waals surface area contributed by atoms with Crippen LogP contribution >= 0.6 is 11.6 Å². The molecule has 1 aliphatic heterocycles. The number of halogens is 1. The van der Waals surface area contributed by atoms with Crippen LogP contribution in [0.25, 0.3) is 0 Å². The fraction of sp³-hybridized carbons (Fsp3) is 0.190. The van der Waals surface area contributed by atoms with Crippen molar-refractivity contribution in [2.75, 3.05) is 12.0 Å². The van der Waals surface area contributed by atoms with Crippen molar-refractivity contribution in [3.8, 4) is 17.4 Å². The van der Waals surface area contributed by atoms with Gasteiger partial charge in [0.15, 0.2) is 5.82 Å². The van der Waals surface area contributed by atoms with E-state index in [4.69, 9.17) is 21.1 Å². The third kappa shape index (κ3) is 3.77. The van der Waals surface area contributed by atoms with Crippen LogP contribution in [0.3, 0.4) is 0 Å². The van der Waals surface area contributed by atoms with Crippen molar-refractivity contribution in [1.82, 2.24) is 9.97 Å². The largest absolute Gasteiger partial charge is 0.497 e. The van der Waals surface area contributed by atoms with Gasteiger partial charge in [0.05, 0.1) is 25.5 Å². The first-order valence-corrected chi connectivity index (χ1v) is 9.23. The lowest BCUT2D eigenvalue weighted by Crippen LogP contribution is -2.28. The number of anilines is 1. The Bertz CT molecular complexity index is 977. The number of ether oxygens (including phenoxy) is 2. The van der Waals surface area contributed by atoms with E-state index in [-0.39, 0.29) is 11.9 Å². The fourth-order valence-corrected chi connectivity index (χ4v) is 3.37. The normalized spacial score (nSPS) is 16.3. The SMILES string of the molecule is COc1cccc(C2CCC(=O)N2c2cnc(Oc3ccc(Cl)cc3)cn2)c1. The number of benzene rings is 2. The molecule has 1 fully saturated rings. The van der Waals surface area contributed by atoms with Gasteiger partial charge in [-0.1, -0.05) is 23.7 Å². The maximum atomic E-state index is 12.5. The summed E-state index contributed by atoms with van der Waals surface area (Å²) >= 11 is 5.88. The van der Waals surface area contributed by atoms with Crippen LogP contribution in [0.1, 0.15) is 24.4 Å². The van der Waals surface area contributed by atoms with Crippen LogP contribution in [0.2, 0.25) is 5.02 Å². The molecule has 7 heteroatoms. The Hall–Kier alpha value is -3.12. The molecule has 0 bridgehead atoms. The average molecular weight is 396 g/mol. The minimum atomic E-state index is -0.0973. The second-order valence-corrected chi connectivity index (χ2v) is 6.80. The van der Waals surface area contributed by atoms with Crippen molar-refractivity contribution >= 4 is 23.3 Å². The molecular weight excluding hydrogens is 378 g/mol. The number of nitrogens with zero attached hydrogens (tertiary/aromatic N) is 3. The van der Waals surface area contributed by atoms with Gasteiger partial charge < -0.3 is 9.47 Å². The molecule has 0 saturated carbocycles. The molecule has 1 unspecified atom stereocenters. The molecule has 1 amide bonds. The molecule has 0 aliphatic carbocycles. The van der Waals surface area contributed by atoms with E-state index >= 15 is 0 Å². The molecule has 1 aromatic heterocycles. The van der Waals surface area contributed by atoms with E-state index in [1.807, 2.05) is 24.3 Å². The number of hydrogen-bond donors (Lipinski definition) is 0. The summed E-state index contributed by atoms with van der Waals surface area (Å²) in [6.07, 6.45) is 4.25. The van der Waals surface area contributed by atoms with Gasteiger partial charge in [0, 0.05) is 11.4 Å². The summed E-state index contributed by atoms with van der Waals surface area (Å²) in [6, 6.07) is 14.6. The average Bonchev–Trinajstić information content (AvgIpc) is 3.12. The summed E-state index contributed by atoms with van der Waals surface area (Å²) in [6.45, 7) is 0. The molecule has 2 aromatic carbocycles. The highest BCUT2D eigenvalue weighted by Gasteiger charge is 2.34. The fourth-order valence-electron chi connectivity index (χ4n) is 3.25. The number of methoxy groups -OCH3 is 1. The van der Waals surface area contributed by atoms with Crippen LogP contribution in [0.5, 0.6) is 17.4 Å². The van der Waals surface area contributed by atoms with Crippen molar-refractivity contribution in [2.45, 2.75) is 18.9 Å². The lowest BCUT2D eigenvalue weighted by Gasteiger charge is -2.24. The quantitative estimate of drug-likeness (QED) is 0.621. The summed E-state index contributed by atoms with van der Waals surface area (Å²) in [5.41, 5.74) is 1.01. The van der Waals surface area contributed by atoms with Gasteiger partial charge in [0.1, 0.15) is 11.5 Å². The molecule has 1 aliphatic rings. The molecule has 0 N–H and O–H groups in total. The number of amides is 1. The topological polar surface area (TPSA) is 64.5 Å². The minimum Gasteiger partial charge on any atom is -0.497 e. The van der Waals surface area contributed by atoms with Crippen molar-refractivity contribution in [1.29, 1.82) is 0 Å². The molecule has 28 heavy (non-hydrogen) atoms. The lowest BCUT2D eigenvalue weighted by atomic mass is 10.0. The Morgan fingerprint density at radius 2 is 1.89 bits per heavy atom. The number of aromatic nitrogens is 2. The zero-order valence-electron chi connectivity index (χ0n) is 15.2. The minimum absolute atomic E-state index is 0.0217. The zero-order valence-corrected chi connectivity index (χ0v) is 16.0. The summed E-state index contributed by atoms with van der Waals surface area (Å²) < 4.78 is 11.0. The van der Waals surface area contributed by atoms with Gasteiger partial charge in [-0.3, -0.25) is 9.69 Å². The first kappa shape index (κ1) is 18.3.